The molecule has 1 amide bonds. The van der Waals surface area contributed by atoms with E-state index in [0.29, 0.717) is 17.2 Å². The molecule has 1 saturated carbocycles. The van der Waals surface area contributed by atoms with E-state index in [1.807, 2.05) is 21.3 Å². The Labute approximate surface area is 127 Å². The lowest BCUT2D eigenvalue weighted by molar-refractivity contribution is -0.128. The summed E-state index contributed by atoms with van der Waals surface area (Å²) in [5.41, 5.74) is 0. The lowest BCUT2D eigenvalue weighted by atomic mass is 10.3. The molecule has 2 heterocycles. The zero-order valence-electron chi connectivity index (χ0n) is 11.6. The molecule has 2 aliphatic rings. The number of nitrogens with zero attached hydrogens (tertiary/aromatic N) is 5. The maximum Gasteiger partial charge on any atom is 0.233 e. The molecule has 0 N–H and O–H groups in total. The number of hydrogen-bond donors (Lipinski definition) is 0. The highest BCUT2D eigenvalue weighted by molar-refractivity contribution is 8.00. The monoisotopic (exact) mass is 313 g/mol. The molecular formula is C12H19N5OS2. The van der Waals surface area contributed by atoms with Gasteiger partial charge in [-0.1, -0.05) is 25.1 Å². The molecule has 1 aliphatic carbocycles. The second-order valence-electron chi connectivity index (χ2n) is 5.13. The molecule has 1 unspecified atom stereocenters. The van der Waals surface area contributed by atoms with Gasteiger partial charge in [-0.05, 0) is 29.7 Å². The van der Waals surface area contributed by atoms with Crippen molar-refractivity contribution in [2.75, 3.05) is 18.1 Å². The van der Waals surface area contributed by atoms with Gasteiger partial charge in [0.05, 0.1) is 17.2 Å². The van der Waals surface area contributed by atoms with Crippen LogP contribution >= 0.6 is 23.5 Å². The minimum absolute atomic E-state index is 0.212. The molecule has 0 radical (unpaired) electrons. The smallest absolute Gasteiger partial charge is 0.233 e. The first kappa shape index (κ1) is 14.2. The van der Waals surface area contributed by atoms with Gasteiger partial charge in [-0.2, -0.15) is 0 Å². The molecule has 0 bridgehead atoms. The van der Waals surface area contributed by atoms with Crippen LogP contribution in [0.5, 0.6) is 0 Å². The van der Waals surface area contributed by atoms with Gasteiger partial charge in [-0.3, -0.25) is 4.79 Å². The predicted octanol–water partition coefficient (Wildman–Crippen LogP) is 1.80. The lowest BCUT2D eigenvalue weighted by Crippen LogP contribution is -2.36. The molecule has 20 heavy (non-hydrogen) atoms. The van der Waals surface area contributed by atoms with E-state index < -0.39 is 0 Å². The van der Waals surface area contributed by atoms with Crippen molar-refractivity contribution in [2.45, 2.75) is 49.2 Å². The van der Waals surface area contributed by atoms with Crippen molar-refractivity contribution in [3.63, 3.8) is 0 Å². The minimum Gasteiger partial charge on any atom is -0.329 e. The van der Waals surface area contributed by atoms with Crippen molar-refractivity contribution in [3.8, 4) is 0 Å². The van der Waals surface area contributed by atoms with Crippen LogP contribution in [0.1, 0.15) is 38.6 Å². The Bertz CT molecular complexity index is 476. The van der Waals surface area contributed by atoms with Gasteiger partial charge in [-0.15, -0.1) is 16.9 Å². The molecule has 110 valence electrons. The van der Waals surface area contributed by atoms with Crippen LogP contribution in [-0.4, -0.2) is 54.4 Å². The van der Waals surface area contributed by atoms with Gasteiger partial charge in [0, 0.05) is 12.3 Å². The molecule has 8 heteroatoms. The van der Waals surface area contributed by atoms with Crippen LogP contribution in [0.15, 0.2) is 5.16 Å². The number of aromatic nitrogens is 4. The largest absolute Gasteiger partial charge is 0.329 e. The fourth-order valence-electron chi connectivity index (χ4n) is 2.33. The van der Waals surface area contributed by atoms with Crippen molar-refractivity contribution in [2.24, 2.45) is 0 Å². The third-order valence-corrected chi connectivity index (χ3v) is 5.74. The summed E-state index contributed by atoms with van der Waals surface area (Å²) in [6.07, 6.45) is 4.50. The Morgan fingerprint density at radius 2 is 2.35 bits per heavy atom. The van der Waals surface area contributed by atoms with Crippen LogP contribution in [-0.2, 0) is 4.79 Å². The van der Waals surface area contributed by atoms with E-state index in [9.17, 15) is 4.79 Å². The summed E-state index contributed by atoms with van der Waals surface area (Å²) < 4.78 is 1.86. The molecule has 3 rings (SSSR count). The van der Waals surface area contributed by atoms with Crippen LogP contribution < -0.4 is 0 Å². The molecule has 2 fully saturated rings. The van der Waals surface area contributed by atoms with E-state index in [0.717, 1.165) is 43.1 Å². The fourth-order valence-corrected chi connectivity index (χ4v) is 4.54. The van der Waals surface area contributed by atoms with Crippen molar-refractivity contribution >= 4 is 29.4 Å². The lowest BCUT2D eigenvalue weighted by Gasteiger charge is -2.23. The van der Waals surface area contributed by atoms with E-state index in [4.69, 9.17) is 0 Å². The topological polar surface area (TPSA) is 63.9 Å². The van der Waals surface area contributed by atoms with E-state index >= 15 is 0 Å². The number of tetrazole rings is 1. The van der Waals surface area contributed by atoms with Gasteiger partial charge >= 0.3 is 0 Å². The van der Waals surface area contributed by atoms with E-state index in [-0.39, 0.29) is 5.91 Å². The first-order chi connectivity index (χ1) is 9.79. The van der Waals surface area contributed by atoms with Crippen molar-refractivity contribution < 1.29 is 4.79 Å². The number of carbonyl (C=O) groups is 1. The zero-order valence-corrected chi connectivity index (χ0v) is 13.2. The third kappa shape index (κ3) is 3.11. The molecule has 1 aliphatic heterocycles. The molecule has 1 aromatic heterocycles. The summed E-state index contributed by atoms with van der Waals surface area (Å²) in [6.45, 7) is 3.04. The average Bonchev–Trinajstić information content (AvgIpc) is 3.00. The Kier molecular flexibility index (Phi) is 4.50. The summed E-state index contributed by atoms with van der Waals surface area (Å²) in [5, 5.41) is 12.9. The Morgan fingerprint density at radius 3 is 3.10 bits per heavy atom. The minimum atomic E-state index is 0.212. The van der Waals surface area contributed by atoms with Crippen molar-refractivity contribution in [3.05, 3.63) is 0 Å². The first-order valence-electron chi connectivity index (χ1n) is 7.11. The highest BCUT2D eigenvalue weighted by Crippen LogP contribution is 2.36. The van der Waals surface area contributed by atoms with Crippen LogP contribution in [0.4, 0.5) is 0 Å². The Balaban J connectivity index is 1.54. The van der Waals surface area contributed by atoms with Crippen molar-refractivity contribution in [1.82, 2.24) is 25.1 Å². The van der Waals surface area contributed by atoms with Gasteiger partial charge in [0.15, 0.2) is 0 Å². The number of thioether (sulfide) groups is 2. The molecule has 0 aromatic carbocycles. The van der Waals surface area contributed by atoms with Gasteiger partial charge in [0.25, 0.3) is 0 Å². The van der Waals surface area contributed by atoms with Crippen LogP contribution in [0.3, 0.4) is 0 Å². The average molecular weight is 313 g/mol. The molecular weight excluding hydrogens is 294 g/mol. The van der Waals surface area contributed by atoms with Crippen LogP contribution in [0.2, 0.25) is 0 Å². The van der Waals surface area contributed by atoms with E-state index in [1.54, 1.807) is 0 Å². The highest BCUT2D eigenvalue weighted by atomic mass is 32.2. The van der Waals surface area contributed by atoms with E-state index in [1.165, 1.54) is 11.8 Å². The summed E-state index contributed by atoms with van der Waals surface area (Å²) in [6, 6.07) is 0.456. The predicted molar refractivity (Wildman–Crippen MR) is 79.7 cm³/mol. The molecule has 1 atom stereocenters. The standard InChI is InChI=1S/C12H19N5OS2/c1-2-3-11-16(6-7-19-11)10(18)8-20-12-13-14-15-17(12)9-4-5-9/h9,11H,2-8H2,1H3. The van der Waals surface area contributed by atoms with Gasteiger partial charge in [0.1, 0.15) is 0 Å². The van der Waals surface area contributed by atoms with Gasteiger partial charge in [0.2, 0.25) is 11.1 Å². The first-order valence-corrected chi connectivity index (χ1v) is 9.14. The van der Waals surface area contributed by atoms with Gasteiger partial charge in [-0.25, -0.2) is 4.68 Å². The second kappa shape index (κ2) is 6.34. The highest BCUT2D eigenvalue weighted by Gasteiger charge is 2.30. The summed E-state index contributed by atoms with van der Waals surface area (Å²) in [4.78, 5) is 14.4. The molecule has 6 nitrogen and oxygen atoms in total. The third-order valence-electron chi connectivity index (χ3n) is 3.53. The molecule has 1 aromatic rings. The maximum atomic E-state index is 12.3. The number of amides is 1. The number of carbonyl (C=O) groups excluding carboxylic acids is 1. The Morgan fingerprint density at radius 1 is 1.50 bits per heavy atom. The quantitative estimate of drug-likeness (QED) is 0.746. The SMILES string of the molecule is CCCC1SCCN1C(=O)CSc1nnnn1C1CC1. The second-order valence-corrected chi connectivity index (χ2v) is 7.36. The molecule has 1 saturated heterocycles. The summed E-state index contributed by atoms with van der Waals surface area (Å²) in [7, 11) is 0. The summed E-state index contributed by atoms with van der Waals surface area (Å²) in [5.74, 6) is 1.71. The van der Waals surface area contributed by atoms with E-state index in [2.05, 4.69) is 22.4 Å². The number of hydrogen-bond acceptors (Lipinski definition) is 6. The van der Waals surface area contributed by atoms with Gasteiger partial charge < -0.3 is 4.90 Å². The summed E-state index contributed by atoms with van der Waals surface area (Å²) >= 11 is 3.36. The Hall–Kier alpha value is -0.760. The van der Waals surface area contributed by atoms with Crippen molar-refractivity contribution in [1.29, 1.82) is 0 Å². The number of rotatable bonds is 6. The zero-order chi connectivity index (χ0) is 13.9. The maximum absolute atomic E-state index is 12.3. The van der Waals surface area contributed by atoms with Crippen LogP contribution in [0, 0.1) is 0 Å². The fraction of sp³-hybridized carbons (Fsp3) is 0.833. The molecule has 0 spiro atoms. The normalized spacial score (nSPS) is 22.4. The van der Waals surface area contributed by atoms with Crippen LogP contribution in [0.25, 0.3) is 0 Å².